The summed E-state index contributed by atoms with van der Waals surface area (Å²) >= 11 is 1.44. The molecule has 0 unspecified atom stereocenters. The molecule has 0 fully saturated rings. The molecule has 0 atom stereocenters. The van der Waals surface area contributed by atoms with Gasteiger partial charge in [-0.25, -0.2) is 19.5 Å². The minimum Gasteiger partial charge on any atom is -0.497 e. The fourth-order valence-electron chi connectivity index (χ4n) is 4.52. The van der Waals surface area contributed by atoms with E-state index in [1.807, 2.05) is 72.8 Å². The maximum atomic E-state index is 6.36. The molecule has 0 aliphatic carbocycles. The average Bonchev–Trinajstić information content (AvgIpc) is 3.70. The monoisotopic (exact) mass is 535 g/mol. The molecule has 7 aromatic rings. The first-order chi connectivity index (χ1) is 19.2. The van der Waals surface area contributed by atoms with E-state index in [1.165, 1.54) is 11.8 Å². The van der Waals surface area contributed by atoms with Crippen molar-refractivity contribution in [3.63, 3.8) is 0 Å². The molecule has 39 heavy (non-hydrogen) atoms. The molecule has 0 saturated heterocycles. The van der Waals surface area contributed by atoms with Gasteiger partial charge in [0.05, 0.1) is 25.4 Å². The van der Waals surface area contributed by atoms with Crippen molar-refractivity contribution in [2.75, 3.05) is 14.2 Å². The standard InChI is InChI=1S/C29H21N5O4S/c1-35-19-11-7-17(8-12-19)24-25-27-32-23(15-39-29-31-21-5-3-4-6-22(21)37-29)33-34(27)16-30-28(25)38-26(24)18-9-13-20(36-2)14-10-18/h3-14,16H,15H2,1-2H3. The molecule has 0 radical (unpaired) electrons. The molecule has 0 aliphatic heterocycles. The van der Waals surface area contributed by atoms with Crippen LogP contribution in [0.25, 0.3) is 50.3 Å². The third-order valence-corrected chi connectivity index (χ3v) is 7.23. The summed E-state index contributed by atoms with van der Waals surface area (Å²) in [5, 5.41) is 6.02. The summed E-state index contributed by atoms with van der Waals surface area (Å²) in [5.74, 6) is 3.33. The van der Waals surface area contributed by atoms with E-state index in [9.17, 15) is 0 Å². The van der Waals surface area contributed by atoms with E-state index in [2.05, 4.69) is 15.1 Å². The van der Waals surface area contributed by atoms with Crippen LogP contribution in [0.4, 0.5) is 0 Å². The predicted octanol–water partition coefficient (Wildman–Crippen LogP) is 6.66. The van der Waals surface area contributed by atoms with Crippen molar-refractivity contribution in [2.24, 2.45) is 0 Å². The summed E-state index contributed by atoms with van der Waals surface area (Å²) in [6.07, 6.45) is 1.62. The van der Waals surface area contributed by atoms with Crippen molar-refractivity contribution >= 4 is 39.6 Å². The Labute approximate surface area is 226 Å². The van der Waals surface area contributed by atoms with Crippen molar-refractivity contribution in [1.82, 2.24) is 24.6 Å². The molecule has 0 bridgehead atoms. The second-order valence-corrected chi connectivity index (χ2v) is 9.65. The van der Waals surface area contributed by atoms with Crippen LogP contribution in [0.3, 0.4) is 0 Å². The molecule has 0 aliphatic rings. The number of thioether (sulfide) groups is 1. The van der Waals surface area contributed by atoms with E-state index in [1.54, 1.807) is 25.1 Å². The highest BCUT2D eigenvalue weighted by atomic mass is 32.2. The van der Waals surface area contributed by atoms with E-state index in [0.29, 0.717) is 33.9 Å². The van der Waals surface area contributed by atoms with Crippen molar-refractivity contribution < 1.29 is 18.3 Å². The molecule has 0 amide bonds. The molecule has 9 nitrogen and oxygen atoms in total. The Kier molecular flexibility index (Phi) is 5.66. The van der Waals surface area contributed by atoms with Gasteiger partial charge < -0.3 is 18.3 Å². The van der Waals surface area contributed by atoms with Crippen molar-refractivity contribution in [3.05, 3.63) is 84.9 Å². The molecule has 3 aromatic carbocycles. The van der Waals surface area contributed by atoms with Crippen LogP contribution in [-0.2, 0) is 5.75 Å². The Morgan fingerprint density at radius 3 is 2.26 bits per heavy atom. The van der Waals surface area contributed by atoms with Crippen LogP contribution < -0.4 is 9.47 Å². The second kappa shape index (κ2) is 9.48. The number of furan rings is 1. The number of benzene rings is 3. The summed E-state index contributed by atoms with van der Waals surface area (Å²) in [5.41, 5.74) is 5.42. The lowest BCUT2D eigenvalue weighted by atomic mass is 9.99. The van der Waals surface area contributed by atoms with Crippen molar-refractivity contribution in [3.8, 4) is 33.9 Å². The largest absolute Gasteiger partial charge is 0.497 e. The van der Waals surface area contributed by atoms with Gasteiger partial charge in [-0.3, -0.25) is 0 Å². The minimum atomic E-state index is 0.477. The average molecular weight is 536 g/mol. The smallest absolute Gasteiger partial charge is 0.257 e. The maximum Gasteiger partial charge on any atom is 0.257 e. The highest BCUT2D eigenvalue weighted by Crippen LogP contribution is 2.42. The first kappa shape index (κ1) is 23.3. The number of fused-ring (bicyclic) bond motifs is 4. The van der Waals surface area contributed by atoms with Crippen LogP contribution in [0.2, 0.25) is 0 Å². The van der Waals surface area contributed by atoms with Crippen LogP contribution in [-0.4, -0.2) is 38.8 Å². The molecular weight excluding hydrogens is 514 g/mol. The zero-order valence-electron chi connectivity index (χ0n) is 21.0. The summed E-state index contributed by atoms with van der Waals surface area (Å²) < 4.78 is 24.6. The SMILES string of the molecule is COc1ccc(-c2oc3ncn4nc(CSc5nc6ccccc6o5)nc4c3c2-c2ccc(OC)cc2)cc1. The lowest BCUT2D eigenvalue weighted by molar-refractivity contribution is 0.414. The van der Waals surface area contributed by atoms with Crippen LogP contribution in [0, 0.1) is 0 Å². The lowest BCUT2D eigenvalue weighted by Gasteiger charge is -2.06. The Hall–Kier alpha value is -4.83. The third kappa shape index (κ3) is 4.15. The number of para-hydroxylation sites is 2. The fourth-order valence-corrected chi connectivity index (χ4v) is 5.21. The van der Waals surface area contributed by atoms with Crippen LogP contribution in [0.1, 0.15) is 5.82 Å². The van der Waals surface area contributed by atoms with Gasteiger partial charge in [0.2, 0.25) is 5.71 Å². The highest BCUT2D eigenvalue weighted by molar-refractivity contribution is 7.98. The number of nitrogens with zero attached hydrogens (tertiary/aromatic N) is 5. The number of oxazole rings is 1. The Balaban J connectivity index is 1.34. The molecule has 4 aromatic heterocycles. The summed E-state index contributed by atoms with van der Waals surface area (Å²) in [6, 6.07) is 23.3. The maximum absolute atomic E-state index is 6.36. The number of hydrogen-bond donors (Lipinski definition) is 0. The van der Waals surface area contributed by atoms with Gasteiger partial charge in [0.25, 0.3) is 5.22 Å². The van der Waals surface area contributed by atoms with Crippen LogP contribution in [0.5, 0.6) is 11.5 Å². The molecule has 10 heteroatoms. The Morgan fingerprint density at radius 2 is 1.54 bits per heavy atom. The highest BCUT2D eigenvalue weighted by Gasteiger charge is 2.23. The summed E-state index contributed by atoms with van der Waals surface area (Å²) in [6.45, 7) is 0. The van der Waals surface area contributed by atoms with E-state index in [4.69, 9.17) is 23.3 Å². The first-order valence-electron chi connectivity index (χ1n) is 12.1. The molecule has 0 saturated carbocycles. The molecule has 0 spiro atoms. The van der Waals surface area contributed by atoms with E-state index < -0.39 is 0 Å². The number of rotatable bonds is 7. The fraction of sp³-hybridized carbons (Fsp3) is 0.103. The van der Waals surface area contributed by atoms with Gasteiger partial charge in [0.15, 0.2) is 17.1 Å². The third-order valence-electron chi connectivity index (χ3n) is 6.40. The topological polar surface area (TPSA) is 101 Å². The normalized spacial score (nSPS) is 11.5. The zero-order chi connectivity index (χ0) is 26.3. The predicted molar refractivity (Wildman–Crippen MR) is 148 cm³/mol. The summed E-state index contributed by atoms with van der Waals surface area (Å²) in [4.78, 5) is 14.0. The number of aromatic nitrogens is 5. The minimum absolute atomic E-state index is 0.477. The second-order valence-electron chi connectivity index (χ2n) is 8.72. The first-order valence-corrected chi connectivity index (χ1v) is 13.1. The van der Waals surface area contributed by atoms with E-state index in [0.717, 1.165) is 44.7 Å². The zero-order valence-corrected chi connectivity index (χ0v) is 21.8. The molecule has 4 heterocycles. The number of methoxy groups -OCH3 is 2. The Morgan fingerprint density at radius 1 is 0.821 bits per heavy atom. The van der Waals surface area contributed by atoms with Gasteiger partial charge in [-0.1, -0.05) is 36.0 Å². The number of ether oxygens (including phenoxy) is 2. The van der Waals surface area contributed by atoms with Gasteiger partial charge in [-0.05, 0) is 54.1 Å². The van der Waals surface area contributed by atoms with Gasteiger partial charge in [0.1, 0.15) is 29.1 Å². The van der Waals surface area contributed by atoms with Gasteiger partial charge in [-0.15, -0.1) is 5.10 Å². The quantitative estimate of drug-likeness (QED) is 0.207. The van der Waals surface area contributed by atoms with Crippen molar-refractivity contribution in [2.45, 2.75) is 11.0 Å². The molecule has 192 valence electrons. The molecular formula is C29H21N5O4S. The lowest BCUT2D eigenvalue weighted by Crippen LogP contribution is -1.91. The van der Waals surface area contributed by atoms with Gasteiger partial charge in [-0.2, -0.15) is 0 Å². The molecule has 0 N–H and O–H groups in total. The van der Waals surface area contributed by atoms with E-state index in [-0.39, 0.29) is 0 Å². The number of hydrogen-bond acceptors (Lipinski definition) is 9. The van der Waals surface area contributed by atoms with Crippen LogP contribution in [0.15, 0.2) is 93.2 Å². The Bertz CT molecular complexity index is 1910. The summed E-state index contributed by atoms with van der Waals surface area (Å²) in [7, 11) is 3.29. The van der Waals surface area contributed by atoms with Gasteiger partial charge in [0, 0.05) is 11.1 Å². The van der Waals surface area contributed by atoms with Crippen molar-refractivity contribution in [1.29, 1.82) is 0 Å². The van der Waals surface area contributed by atoms with E-state index >= 15 is 0 Å². The molecule has 7 rings (SSSR count). The van der Waals surface area contributed by atoms with Crippen LogP contribution >= 0.6 is 11.8 Å². The van der Waals surface area contributed by atoms with Gasteiger partial charge >= 0.3 is 0 Å².